The van der Waals surface area contributed by atoms with Crippen LogP contribution < -0.4 is 10.6 Å². The Morgan fingerprint density at radius 3 is 2.81 bits per heavy atom. The molecule has 1 amide bonds. The van der Waals surface area contributed by atoms with Crippen molar-refractivity contribution in [3.8, 4) is 16.3 Å². The number of nitrogens with one attached hydrogen (secondary N) is 2. The molecule has 1 aliphatic carbocycles. The summed E-state index contributed by atoms with van der Waals surface area (Å²) in [5, 5.41) is 14.6. The van der Waals surface area contributed by atoms with Crippen molar-refractivity contribution in [3.63, 3.8) is 0 Å². The molecule has 1 aromatic carbocycles. The fourth-order valence-electron chi connectivity index (χ4n) is 4.28. The van der Waals surface area contributed by atoms with Crippen molar-refractivity contribution in [1.29, 1.82) is 0 Å². The minimum atomic E-state index is -0.361. The maximum atomic E-state index is 12.2. The van der Waals surface area contributed by atoms with Crippen LogP contribution in [0.15, 0.2) is 46.6 Å². The van der Waals surface area contributed by atoms with Crippen LogP contribution in [0.3, 0.4) is 0 Å². The van der Waals surface area contributed by atoms with Crippen LogP contribution in [0.5, 0.6) is 0 Å². The van der Waals surface area contributed by atoms with E-state index in [2.05, 4.69) is 41.6 Å². The van der Waals surface area contributed by atoms with Crippen molar-refractivity contribution in [2.75, 3.05) is 12.4 Å². The van der Waals surface area contributed by atoms with E-state index in [4.69, 9.17) is 4.98 Å². The summed E-state index contributed by atoms with van der Waals surface area (Å²) >= 11 is 5.14. The smallest absolute Gasteiger partial charge is 0.225 e. The van der Waals surface area contributed by atoms with Gasteiger partial charge in [0.2, 0.25) is 11.9 Å². The Hall–Kier alpha value is -2.85. The van der Waals surface area contributed by atoms with Crippen LogP contribution >= 0.6 is 27.3 Å². The van der Waals surface area contributed by atoms with Gasteiger partial charge in [0.1, 0.15) is 9.61 Å². The summed E-state index contributed by atoms with van der Waals surface area (Å²) in [7, 11) is 1.69. The van der Waals surface area contributed by atoms with E-state index in [-0.39, 0.29) is 17.4 Å². The summed E-state index contributed by atoms with van der Waals surface area (Å²) in [6, 6.07) is 8.24. The summed E-state index contributed by atoms with van der Waals surface area (Å²) in [6.07, 6.45) is 6.05. The highest BCUT2D eigenvalue weighted by Crippen LogP contribution is 2.39. The molecule has 8 nitrogen and oxygen atoms in total. The van der Waals surface area contributed by atoms with Crippen LogP contribution in [0.25, 0.3) is 27.3 Å². The molecule has 0 radical (unpaired) electrons. The van der Waals surface area contributed by atoms with Gasteiger partial charge in [0.25, 0.3) is 0 Å². The Bertz CT molecular complexity index is 1270. The number of thiazole rings is 1. The van der Waals surface area contributed by atoms with Gasteiger partial charge in [0.05, 0.1) is 11.1 Å². The summed E-state index contributed by atoms with van der Waals surface area (Å²) in [5.74, 6) is 0.623. The van der Waals surface area contributed by atoms with E-state index >= 15 is 0 Å². The summed E-state index contributed by atoms with van der Waals surface area (Å²) in [5.41, 5.74) is 2.32. The van der Waals surface area contributed by atoms with Crippen molar-refractivity contribution >= 4 is 50.2 Å². The molecule has 1 aliphatic rings. The Morgan fingerprint density at radius 2 is 2.09 bits per heavy atom. The van der Waals surface area contributed by atoms with Crippen LogP contribution in [0.1, 0.15) is 26.2 Å². The number of nitrogens with zero attached hydrogens (tertiary/aromatic N) is 5. The third-order valence-electron chi connectivity index (χ3n) is 6.02. The van der Waals surface area contributed by atoms with E-state index in [9.17, 15) is 4.79 Å². The number of fused-ring (bicyclic) bond motifs is 1. The third kappa shape index (κ3) is 3.77. The van der Waals surface area contributed by atoms with E-state index in [1.54, 1.807) is 35.5 Å². The minimum Gasteiger partial charge on any atom is -0.359 e. The van der Waals surface area contributed by atoms with Gasteiger partial charge in [0.15, 0.2) is 5.65 Å². The van der Waals surface area contributed by atoms with Crippen LogP contribution in [-0.2, 0) is 4.79 Å². The number of anilines is 1. The van der Waals surface area contributed by atoms with E-state index in [0.717, 1.165) is 40.9 Å². The number of rotatable bonds is 5. The molecule has 5 rings (SSSR count). The molecule has 3 heterocycles. The van der Waals surface area contributed by atoms with Gasteiger partial charge in [-0.15, -0.1) is 11.3 Å². The van der Waals surface area contributed by atoms with Crippen LogP contribution in [0.4, 0.5) is 5.95 Å². The first-order valence-corrected chi connectivity index (χ1v) is 12.0. The number of carbonyl (C=O) groups is 1. The Labute approximate surface area is 197 Å². The molecular formula is C22H22BrN7OS. The van der Waals surface area contributed by atoms with Crippen molar-refractivity contribution in [3.05, 3.63) is 46.6 Å². The minimum absolute atomic E-state index is 0.0846. The third-order valence-corrected chi connectivity index (χ3v) is 7.43. The quantitative estimate of drug-likeness (QED) is 0.411. The van der Waals surface area contributed by atoms with Crippen molar-refractivity contribution < 1.29 is 4.79 Å². The number of carbonyl (C=O) groups excluding carboxylic acids is 1. The fraction of sp³-hybridized carbons (Fsp3) is 0.318. The molecule has 0 bridgehead atoms. The van der Waals surface area contributed by atoms with Crippen LogP contribution in [0.2, 0.25) is 0 Å². The van der Waals surface area contributed by atoms with Crippen molar-refractivity contribution in [2.45, 2.75) is 32.2 Å². The summed E-state index contributed by atoms with van der Waals surface area (Å²) in [4.78, 5) is 25.8. The normalized spacial score (nSPS) is 20.5. The second-order valence-corrected chi connectivity index (χ2v) is 9.89. The summed E-state index contributed by atoms with van der Waals surface area (Å²) < 4.78 is 2.50. The second-order valence-electron chi connectivity index (χ2n) is 8.24. The molecular weight excluding hydrogens is 490 g/mol. The van der Waals surface area contributed by atoms with Gasteiger partial charge < -0.3 is 10.6 Å². The van der Waals surface area contributed by atoms with E-state index < -0.39 is 0 Å². The predicted octanol–water partition coefficient (Wildman–Crippen LogP) is 4.42. The summed E-state index contributed by atoms with van der Waals surface area (Å²) in [6.45, 7) is 2.01. The van der Waals surface area contributed by atoms with E-state index in [1.807, 2.05) is 36.6 Å². The van der Waals surface area contributed by atoms with Crippen molar-refractivity contribution in [2.24, 2.45) is 5.41 Å². The lowest BCUT2D eigenvalue weighted by molar-refractivity contribution is -0.129. The Kier molecular flexibility index (Phi) is 5.42. The second kappa shape index (κ2) is 8.25. The monoisotopic (exact) mass is 511 g/mol. The van der Waals surface area contributed by atoms with E-state index in [1.165, 1.54) is 0 Å². The molecule has 1 fully saturated rings. The Balaban J connectivity index is 1.42. The average Bonchev–Trinajstić information content (AvgIpc) is 3.54. The standard InChI is InChI=1S/C22H22BrN7OS/c1-22(20(31)24-2)8-7-14(11-22)27-21-26-12-16-17(23)29-30(18(16)28-21)15-5-3-13(4-6-15)19-25-9-10-32-19/h3-6,9-10,12,14H,7-8,11H2,1-2H3,(H,24,31)(H,26,27,28)/t14-,22-/m1/s1. The maximum absolute atomic E-state index is 12.2. The molecule has 2 N–H and O–H groups in total. The van der Waals surface area contributed by atoms with Crippen LogP contribution in [-0.4, -0.2) is 43.7 Å². The number of benzene rings is 1. The molecule has 0 spiro atoms. The zero-order valence-corrected chi connectivity index (χ0v) is 20.1. The maximum Gasteiger partial charge on any atom is 0.225 e. The van der Waals surface area contributed by atoms with Gasteiger partial charge in [-0.2, -0.15) is 10.1 Å². The highest BCUT2D eigenvalue weighted by atomic mass is 79.9. The van der Waals surface area contributed by atoms with Crippen LogP contribution in [0, 0.1) is 5.41 Å². The zero-order valence-electron chi connectivity index (χ0n) is 17.7. The highest BCUT2D eigenvalue weighted by Gasteiger charge is 2.40. The molecule has 2 atom stereocenters. The first-order chi connectivity index (χ1) is 15.5. The number of aromatic nitrogens is 5. The first-order valence-electron chi connectivity index (χ1n) is 10.4. The van der Waals surface area contributed by atoms with Gasteiger partial charge in [-0.3, -0.25) is 4.79 Å². The van der Waals surface area contributed by atoms with Gasteiger partial charge in [-0.1, -0.05) is 6.92 Å². The number of halogens is 1. The molecule has 0 saturated heterocycles. The number of amides is 1. The highest BCUT2D eigenvalue weighted by molar-refractivity contribution is 9.10. The molecule has 32 heavy (non-hydrogen) atoms. The van der Waals surface area contributed by atoms with E-state index in [0.29, 0.717) is 16.2 Å². The number of hydrogen-bond donors (Lipinski definition) is 2. The number of hydrogen-bond acceptors (Lipinski definition) is 7. The molecule has 0 unspecified atom stereocenters. The molecule has 1 saturated carbocycles. The lowest BCUT2D eigenvalue weighted by Gasteiger charge is -2.22. The van der Waals surface area contributed by atoms with Gasteiger partial charge in [-0.05, 0) is 59.5 Å². The van der Waals surface area contributed by atoms with Crippen molar-refractivity contribution in [1.82, 2.24) is 30.0 Å². The zero-order chi connectivity index (χ0) is 22.3. The topological polar surface area (TPSA) is 97.6 Å². The largest absolute Gasteiger partial charge is 0.359 e. The van der Waals surface area contributed by atoms with Gasteiger partial charge in [0, 0.05) is 41.8 Å². The lowest BCUT2D eigenvalue weighted by atomic mass is 9.87. The lowest BCUT2D eigenvalue weighted by Crippen LogP contribution is -2.35. The van der Waals surface area contributed by atoms with Gasteiger partial charge >= 0.3 is 0 Å². The average molecular weight is 512 g/mol. The fourth-order valence-corrected chi connectivity index (χ4v) is 5.37. The molecule has 0 aliphatic heterocycles. The van der Waals surface area contributed by atoms with Gasteiger partial charge in [-0.25, -0.2) is 14.6 Å². The molecule has 4 aromatic rings. The Morgan fingerprint density at radius 1 is 1.28 bits per heavy atom. The molecule has 10 heteroatoms. The SMILES string of the molecule is CNC(=O)[C@]1(C)CC[C@@H](Nc2ncc3c(Br)nn(-c4ccc(-c5nccs5)cc4)c3n2)C1. The first kappa shape index (κ1) is 21.0. The molecule has 3 aromatic heterocycles. The molecule has 164 valence electrons. The predicted molar refractivity (Wildman–Crippen MR) is 129 cm³/mol.